The van der Waals surface area contributed by atoms with Crippen LogP contribution < -0.4 is 5.43 Å². The Morgan fingerprint density at radius 1 is 1.38 bits per heavy atom. The SMILES string of the molecule is CC(C)NN1C(=O)OC[C@@H]1c1ccccc1. The Hall–Kier alpha value is -1.55. The summed E-state index contributed by atoms with van der Waals surface area (Å²) < 4.78 is 5.06. The van der Waals surface area contributed by atoms with Gasteiger partial charge in [0.2, 0.25) is 0 Å². The number of hydrazine groups is 1. The lowest BCUT2D eigenvalue weighted by molar-refractivity contribution is 0.134. The molecule has 0 radical (unpaired) electrons. The van der Waals surface area contributed by atoms with Crippen LogP contribution in [0.3, 0.4) is 0 Å². The van der Waals surface area contributed by atoms with Crippen molar-refractivity contribution < 1.29 is 9.53 Å². The topological polar surface area (TPSA) is 41.6 Å². The van der Waals surface area contributed by atoms with Crippen LogP contribution in [0.25, 0.3) is 0 Å². The number of hydrogen-bond acceptors (Lipinski definition) is 3. The summed E-state index contributed by atoms with van der Waals surface area (Å²) in [5, 5.41) is 1.57. The van der Waals surface area contributed by atoms with E-state index in [2.05, 4.69) is 5.43 Å². The maximum Gasteiger partial charge on any atom is 0.425 e. The normalized spacial score (nSPS) is 20.3. The van der Waals surface area contributed by atoms with E-state index in [1.54, 1.807) is 5.01 Å². The summed E-state index contributed by atoms with van der Waals surface area (Å²) in [5.74, 6) is 0. The van der Waals surface area contributed by atoms with E-state index in [0.717, 1.165) is 5.56 Å². The van der Waals surface area contributed by atoms with Crippen molar-refractivity contribution >= 4 is 6.09 Å². The molecule has 1 fully saturated rings. The molecule has 4 nitrogen and oxygen atoms in total. The zero-order valence-corrected chi connectivity index (χ0v) is 9.51. The van der Waals surface area contributed by atoms with E-state index in [1.165, 1.54) is 0 Å². The zero-order valence-electron chi connectivity index (χ0n) is 9.51. The van der Waals surface area contributed by atoms with E-state index in [9.17, 15) is 4.79 Å². The van der Waals surface area contributed by atoms with Gasteiger partial charge >= 0.3 is 6.09 Å². The number of hydrogen-bond donors (Lipinski definition) is 1. The summed E-state index contributed by atoms with van der Waals surface area (Å²) in [5.41, 5.74) is 4.18. The fourth-order valence-corrected chi connectivity index (χ4v) is 1.76. The minimum atomic E-state index is -0.303. The van der Waals surface area contributed by atoms with Crippen LogP contribution in [0.1, 0.15) is 25.5 Å². The first-order valence-electron chi connectivity index (χ1n) is 5.45. The summed E-state index contributed by atoms with van der Waals surface area (Å²) in [4.78, 5) is 11.5. The van der Waals surface area contributed by atoms with Crippen molar-refractivity contribution in [1.29, 1.82) is 0 Å². The van der Waals surface area contributed by atoms with Gasteiger partial charge in [0.05, 0.1) is 0 Å². The monoisotopic (exact) mass is 220 g/mol. The van der Waals surface area contributed by atoms with Gasteiger partial charge in [-0.05, 0) is 19.4 Å². The summed E-state index contributed by atoms with van der Waals surface area (Å²) >= 11 is 0. The number of amides is 1. The Bertz CT molecular complexity index is 365. The molecular weight excluding hydrogens is 204 g/mol. The molecule has 1 saturated heterocycles. The van der Waals surface area contributed by atoms with Gasteiger partial charge < -0.3 is 4.74 Å². The van der Waals surface area contributed by atoms with Crippen LogP contribution in [0.4, 0.5) is 4.79 Å². The highest BCUT2D eigenvalue weighted by Crippen LogP contribution is 2.25. The van der Waals surface area contributed by atoms with Crippen molar-refractivity contribution in [2.75, 3.05) is 6.61 Å². The van der Waals surface area contributed by atoms with E-state index in [4.69, 9.17) is 4.74 Å². The van der Waals surface area contributed by atoms with E-state index >= 15 is 0 Å². The Morgan fingerprint density at radius 2 is 2.06 bits per heavy atom. The number of cyclic esters (lactones) is 1. The lowest BCUT2D eigenvalue weighted by atomic mass is 10.1. The molecule has 2 rings (SSSR count). The van der Waals surface area contributed by atoms with Crippen LogP contribution in [-0.4, -0.2) is 23.8 Å². The van der Waals surface area contributed by atoms with Gasteiger partial charge in [-0.3, -0.25) is 0 Å². The van der Waals surface area contributed by atoms with Crippen molar-refractivity contribution in [3.05, 3.63) is 35.9 Å². The molecule has 4 heteroatoms. The molecule has 1 aliphatic heterocycles. The number of carbonyl (C=O) groups excluding carboxylic acids is 1. The molecule has 0 bridgehead atoms. The molecule has 1 aromatic carbocycles. The fraction of sp³-hybridized carbons (Fsp3) is 0.417. The first kappa shape index (κ1) is 11.0. The van der Waals surface area contributed by atoms with E-state index < -0.39 is 0 Å². The molecule has 1 aliphatic rings. The Morgan fingerprint density at radius 3 is 2.69 bits per heavy atom. The van der Waals surface area contributed by atoms with E-state index in [-0.39, 0.29) is 18.2 Å². The molecular formula is C12H16N2O2. The molecule has 0 unspecified atom stereocenters. The van der Waals surface area contributed by atoms with Crippen molar-refractivity contribution in [2.45, 2.75) is 25.9 Å². The second-order valence-corrected chi connectivity index (χ2v) is 4.16. The van der Waals surface area contributed by atoms with Crippen LogP contribution >= 0.6 is 0 Å². The number of benzene rings is 1. The van der Waals surface area contributed by atoms with E-state index in [0.29, 0.717) is 6.61 Å². The standard InChI is InChI=1S/C12H16N2O2/c1-9(2)13-14-11(8-16-12(14)15)10-6-4-3-5-7-10/h3-7,9,11,13H,8H2,1-2H3/t11-/m1/s1. The lowest BCUT2D eigenvalue weighted by Crippen LogP contribution is -2.44. The quantitative estimate of drug-likeness (QED) is 0.848. The van der Waals surface area contributed by atoms with Gasteiger partial charge in [0, 0.05) is 6.04 Å². The van der Waals surface area contributed by atoms with Crippen molar-refractivity contribution in [3.63, 3.8) is 0 Å². The van der Waals surface area contributed by atoms with Gasteiger partial charge in [-0.15, -0.1) is 0 Å². The summed E-state index contributed by atoms with van der Waals surface area (Å²) in [6.07, 6.45) is -0.303. The smallest absolute Gasteiger partial charge is 0.425 e. The maximum atomic E-state index is 11.5. The molecule has 0 saturated carbocycles. The van der Waals surface area contributed by atoms with Gasteiger partial charge in [0.1, 0.15) is 12.6 Å². The predicted octanol–water partition coefficient (Wildman–Crippen LogP) is 2.09. The predicted molar refractivity (Wildman–Crippen MR) is 60.6 cm³/mol. The van der Waals surface area contributed by atoms with Crippen LogP contribution in [0.2, 0.25) is 0 Å². The second-order valence-electron chi connectivity index (χ2n) is 4.16. The maximum absolute atomic E-state index is 11.5. The minimum absolute atomic E-state index is 0.0314. The van der Waals surface area contributed by atoms with Crippen LogP contribution in [0.15, 0.2) is 30.3 Å². The third-order valence-electron chi connectivity index (χ3n) is 2.45. The fourth-order valence-electron chi connectivity index (χ4n) is 1.76. The Labute approximate surface area is 95.2 Å². The van der Waals surface area contributed by atoms with Crippen molar-refractivity contribution in [1.82, 2.24) is 10.4 Å². The zero-order chi connectivity index (χ0) is 11.5. The molecule has 1 amide bonds. The molecule has 1 aromatic rings. The van der Waals surface area contributed by atoms with Crippen LogP contribution in [-0.2, 0) is 4.74 Å². The van der Waals surface area contributed by atoms with Crippen molar-refractivity contribution in [3.8, 4) is 0 Å². The molecule has 1 N–H and O–H groups in total. The summed E-state index contributed by atoms with van der Waals surface area (Å²) in [6.45, 7) is 4.39. The number of nitrogens with one attached hydrogen (secondary N) is 1. The number of ether oxygens (including phenoxy) is 1. The number of rotatable bonds is 3. The van der Waals surface area contributed by atoms with Gasteiger partial charge in [-0.2, -0.15) is 0 Å². The average Bonchev–Trinajstić information content (AvgIpc) is 2.61. The molecule has 16 heavy (non-hydrogen) atoms. The number of nitrogens with zero attached hydrogens (tertiary/aromatic N) is 1. The van der Waals surface area contributed by atoms with E-state index in [1.807, 2.05) is 44.2 Å². The highest BCUT2D eigenvalue weighted by atomic mass is 16.6. The van der Waals surface area contributed by atoms with Crippen molar-refractivity contribution in [2.24, 2.45) is 0 Å². The third-order valence-corrected chi connectivity index (χ3v) is 2.45. The highest BCUT2D eigenvalue weighted by molar-refractivity contribution is 5.70. The molecule has 1 heterocycles. The summed E-state index contributed by atoms with van der Waals surface area (Å²) in [7, 11) is 0. The molecule has 86 valence electrons. The third kappa shape index (κ3) is 2.17. The van der Waals surface area contributed by atoms with Gasteiger partial charge in [0.15, 0.2) is 0 Å². The first-order valence-corrected chi connectivity index (χ1v) is 5.45. The Balaban J connectivity index is 2.18. The van der Waals surface area contributed by atoms with Gasteiger partial charge in [0.25, 0.3) is 0 Å². The van der Waals surface area contributed by atoms with Crippen LogP contribution in [0, 0.1) is 0 Å². The second kappa shape index (κ2) is 4.53. The first-order chi connectivity index (χ1) is 7.68. The minimum Gasteiger partial charge on any atom is -0.446 e. The molecule has 0 spiro atoms. The molecule has 0 aliphatic carbocycles. The lowest BCUT2D eigenvalue weighted by Gasteiger charge is -2.24. The average molecular weight is 220 g/mol. The van der Waals surface area contributed by atoms with Gasteiger partial charge in [-0.1, -0.05) is 30.3 Å². The van der Waals surface area contributed by atoms with Crippen LogP contribution in [0.5, 0.6) is 0 Å². The summed E-state index contributed by atoms with van der Waals surface area (Å²) in [6, 6.07) is 10.1. The number of carbonyl (C=O) groups is 1. The largest absolute Gasteiger partial charge is 0.446 e. The highest BCUT2D eigenvalue weighted by Gasteiger charge is 2.34. The van der Waals surface area contributed by atoms with Gasteiger partial charge in [-0.25, -0.2) is 15.2 Å². The molecule has 1 atom stereocenters. The molecule has 0 aromatic heterocycles. The Kier molecular flexibility index (Phi) is 3.10.